The Bertz CT molecular complexity index is 442. The van der Waals surface area contributed by atoms with E-state index in [2.05, 4.69) is 22.1 Å². The largest absolute Gasteiger partial charge is 0.360 e. The third kappa shape index (κ3) is 1.83. The molecule has 0 saturated carbocycles. The lowest BCUT2D eigenvalue weighted by Crippen LogP contribution is -1.94. The van der Waals surface area contributed by atoms with Crippen LogP contribution in [0.15, 0.2) is 30.6 Å². The zero-order valence-electron chi connectivity index (χ0n) is 7.90. The second-order valence-corrected chi connectivity index (χ2v) is 3.16. The number of aromatic nitrogens is 2. The fourth-order valence-corrected chi connectivity index (χ4v) is 1.36. The summed E-state index contributed by atoms with van der Waals surface area (Å²) < 4.78 is 0. The van der Waals surface area contributed by atoms with Crippen LogP contribution in [0.1, 0.15) is 12.0 Å². The Balaban J connectivity index is 2.25. The maximum absolute atomic E-state index is 5.39. The molecule has 3 heteroatoms. The van der Waals surface area contributed by atoms with Crippen molar-refractivity contribution in [2.24, 2.45) is 5.73 Å². The van der Waals surface area contributed by atoms with Crippen molar-refractivity contribution in [3.05, 3.63) is 36.2 Å². The highest BCUT2D eigenvalue weighted by atomic mass is 14.7. The van der Waals surface area contributed by atoms with Gasteiger partial charge in [0.25, 0.3) is 0 Å². The molecular formula is C11H13N3. The number of nitrogens with two attached hydrogens (primary N) is 1. The molecule has 0 spiro atoms. The number of nitrogens with one attached hydrogen (secondary N) is 1. The van der Waals surface area contributed by atoms with Crippen LogP contribution >= 0.6 is 0 Å². The lowest BCUT2D eigenvalue weighted by atomic mass is 10.2. The number of hydrogen-bond acceptors (Lipinski definition) is 2. The van der Waals surface area contributed by atoms with E-state index in [4.69, 9.17) is 5.73 Å². The molecule has 14 heavy (non-hydrogen) atoms. The topological polar surface area (TPSA) is 54.7 Å². The molecule has 0 atom stereocenters. The van der Waals surface area contributed by atoms with Crippen molar-refractivity contribution in [1.82, 2.24) is 9.97 Å². The summed E-state index contributed by atoms with van der Waals surface area (Å²) in [6, 6.07) is 4.04. The highest BCUT2D eigenvalue weighted by molar-refractivity contribution is 5.77. The first-order valence-electron chi connectivity index (χ1n) is 4.70. The number of hydrogen-bond donors (Lipinski definition) is 2. The van der Waals surface area contributed by atoms with Gasteiger partial charge in [-0.2, -0.15) is 0 Å². The standard InChI is InChI=1S/C11H13N3/c12-5-2-1-3-9-7-11-10(14-8-9)4-6-13-11/h1,3-4,6-8,13H,2,5,12H2. The van der Waals surface area contributed by atoms with Gasteiger partial charge in [0.1, 0.15) is 0 Å². The van der Waals surface area contributed by atoms with E-state index in [0.29, 0.717) is 6.54 Å². The first-order chi connectivity index (χ1) is 6.90. The summed E-state index contributed by atoms with van der Waals surface area (Å²) in [5.41, 5.74) is 8.57. The SMILES string of the molecule is NCCC=Cc1cnc2cc[nH]c2c1. The van der Waals surface area contributed by atoms with Crippen molar-refractivity contribution >= 4 is 17.1 Å². The molecule has 0 aliphatic heterocycles. The Labute approximate surface area is 82.7 Å². The van der Waals surface area contributed by atoms with Crippen molar-refractivity contribution in [1.29, 1.82) is 0 Å². The third-order valence-electron chi connectivity index (χ3n) is 2.06. The molecule has 2 rings (SSSR count). The van der Waals surface area contributed by atoms with Crippen LogP contribution in [0, 0.1) is 0 Å². The van der Waals surface area contributed by atoms with Gasteiger partial charge in [0, 0.05) is 12.4 Å². The Kier molecular flexibility index (Phi) is 2.60. The molecule has 3 nitrogen and oxygen atoms in total. The molecule has 3 N–H and O–H groups in total. The summed E-state index contributed by atoms with van der Waals surface area (Å²) in [7, 11) is 0. The predicted octanol–water partition coefficient (Wildman–Crippen LogP) is 1.92. The fraction of sp³-hybridized carbons (Fsp3) is 0.182. The molecule has 0 saturated heterocycles. The molecule has 72 valence electrons. The summed E-state index contributed by atoms with van der Waals surface area (Å²) in [4.78, 5) is 7.44. The van der Waals surface area contributed by atoms with Crippen LogP contribution in [0.3, 0.4) is 0 Å². The van der Waals surface area contributed by atoms with Crippen molar-refractivity contribution in [3.8, 4) is 0 Å². The van der Waals surface area contributed by atoms with Crippen LogP contribution in [0.2, 0.25) is 0 Å². The summed E-state index contributed by atoms with van der Waals surface area (Å²) in [5.74, 6) is 0. The maximum Gasteiger partial charge on any atom is 0.0879 e. The molecule has 2 heterocycles. The number of aromatic amines is 1. The Hall–Kier alpha value is -1.61. The average molecular weight is 187 g/mol. The van der Waals surface area contributed by atoms with Crippen LogP contribution in [0.4, 0.5) is 0 Å². The number of rotatable bonds is 3. The maximum atomic E-state index is 5.39. The van der Waals surface area contributed by atoms with Gasteiger partial charge in [0.15, 0.2) is 0 Å². The monoisotopic (exact) mass is 187 g/mol. The predicted molar refractivity (Wildman–Crippen MR) is 58.8 cm³/mol. The van der Waals surface area contributed by atoms with E-state index in [-0.39, 0.29) is 0 Å². The van der Waals surface area contributed by atoms with Gasteiger partial charge in [-0.3, -0.25) is 4.98 Å². The summed E-state index contributed by atoms with van der Waals surface area (Å²) >= 11 is 0. The molecule has 0 unspecified atom stereocenters. The van der Waals surface area contributed by atoms with Crippen LogP contribution < -0.4 is 5.73 Å². The van der Waals surface area contributed by atoms with E-state index in [1.807, 2.05) is 24.5 Å². The quantitative estimate of drug-likeness (QED) is 0.771. The smallest absolute Gasteiger partial charge is 0.0879 e. The number of nitrogens with zero attached hydrogens (tertiary/aromatic N) is 1. The number of H-pyrrole nitrogens is 1. The first kappa shape index (κ1) is 8.97. The van der Waals surface area contributed by atoms with E-state index in [0.717, 1.165) is 23.0 Å². The van der Waals surface area contributed by atoms with E-state index in [1.165, 1.54) is 0 Å². The van der Waals surface area contributed by atoms with Gasteiger partial charge in [0.05, 0.1) is 11.0 Å². The summed E-state index contributed by atoms with van der Waals surface area (Å²) in [5, 5.41) is 0. The average Bonchev–Trinajstić information content (AvgIpc) is 2.65. The van der Waals surface area contributed by atoms with Crippen molar-refractivity contribution in [2.45, 2.75) is 6.42 Å². The number of fused-ring (bicyclic) bond motifs is 1. The van der Waals surface area contributed by atoms with Gasteiger partial charge < -0.3 is 10.7 Å². The fourth-order valence-electron chi connectivity index (χ4n) is 1.36. The first-order valence-corrected chi connectivity index (χ1v) is 4.70. The second kappa shape index (κ2) is 4.07. The second-order valence-electron chi connectivity index (χ2n) is 3.16. The van der Waals surface area contributed by atoms with Gasteiger partial charge in [-0.25, -0.2) is 0 Å². The molecule has 0 fully saturated rings. The van der Waals surface area contributed by atoms with E-state index in [1.54, 1.807) is 0 Å². The van der Waals surface area contributed by atoms with Gasteiger partial charge in [0.2, 0.25) is 0 Å². The third-order valence-corrected chi connectivity index (χ3v) is 2.06. The zero-order valence-corrected chi connectivity index (χ0v) is 7.90. The molecule has 0 aliphatic rings. The molecule has 2 aromatic rings. The van der Waals surface area contributed by atoms with Crippen LogP contribution in [0.5, 0.6) is 0 Å². The molecule has 0 amide bonds. The zero-order chi connectivity index (χ0) is 9.80. The van der Waals surface area contributed by atoms with Gasteiger partial charge in [-0.15, -0.1) is 0 Å². The normalized spacial score (nSPS) is 11.5. The van der Waals surface area contributed by atoms with E-state index < -0.39 is 0 Å². The van der Waals surface area contributed by atoms with Crippen molar-refractivity contribution in [2.75, 3.05) is 6.54 Å². The molecular weight excluding hydrogens is 174 g/mol. The summed E-state index contributed by atoms with van der Waals surface area (Å²) in [6.45, 7) is 0.689. The molecule has 0 bridgehead atoms. The van der Waals surface area contributed by atoms with Crippen molar-refractivity contribution in [3.63, 3.8) is 0 Å². The van der Waals surface area contributed by atoms with Crippen molar-refractivity contribution < 1.29 is 0 Å². The lowest BCUT2D eigenvalue weighted by molar-refractivity contribution is 1.01. The molecule has 2 aromatic heterocycles. The van der Waals surface area contributed by atoms with E-state index >= 15 is 0 Å². The molecule has 0 aromatic carbocycles. The van der Waals surface area contributed by atoms with Crippen LogP contribution in [0.25, 0.3) is 17.1 Å². The molecule has 0 aliphatic carbocycles. The minimum atomic E-state index is 0.689. The molecule has 0 radical (unpaired) electrons. The highest BCUT2D eigenvalue weighted by Gasteiger charge is 1.94. The highest BCUT2D eigenvalue weighted by Crippen LogP contribution is 2.11. The van der Waals surface area contributed by atoms with Gasteiger partial charge in [-0.1, -0.05) is 12.2 Å². The Morgan fingerprint density at radius 1 is 1.50 bits per heavy atom. The lowest BCUT2D eigenvalue weighted by Gasteiger charge is -1.93. The summed E-state index contributed by atoms with van der Waals surface area (Å²) in [6.07, 6.45) is 8.77. The minimum Gasteiger partial charge on any atom is -0.360 e. The van der Waals surface area contributed by atoms with Gasteiger partial charge >= 0.3 is 0 Å². The Morgan fingerprint density at radius 2 is 2.43 bits per heavy atom. The number of pyridine rings is 1. The van der Waals surface area contributed by atoms with Crippen LogP contribution in [-0.2, 0) is 0 Å². The van der Waals surface area contributed by atoms with Gasteiger partial charge in [-0.05, 0) is 30.7 Å². The Morgan fingerprint density at radius 3 is 3.29 bits per heavy atom. The van der Waals surface area contributed by atoms with E-state index in [9.17, 15) is 0 Å². The minimum absolute atomic E-state index is 0.689. The van der Waals surface area contributed by atoms with Crippen LogP contribution in [-0.4, -0.2) is 16.5 Å².